The zero-order chi connectivity index (χ0) is 11.4. The summed E-state index contributed by atoms with van der Waals surface area (Å²) >= 11 is -0.407. The van der Waals surface area contributed by atoms with Gasteiger partial charge in [-0.2, -0.15) is 0 Å². The average Bonchev–Trinajstić information content (AvgIpc) is 2.31. The van der Waals surface area contributed by atoms with Crippen LogP contribution in [0.15, 0.2) is 54.6 Å². The summed E-state index contributed by atoms with van der Waals surface area (Å²) in [7, 11) is 0. The summed E-state index contributed by atoms with van der Waals surface area (Å²) < 4.78 is 2.19. The SMILES string of the molecule is O.O=C(O)c1ccccc1[I-]c1ccccc1. The van der Waals surface area contributed by atoms with E-state index in [1.54, 1.807) is 12.1 Å². The minimum atomic E-state index is -0.841. The second kappa shape index (κ2) is 6.36. The molecule has 17 heavy (non-hydrogen) atoms. The molecule has 4 heteroatoms. The monoisotopic (exact) mass is 343 g/mol. The number of hydrogen-bond donors (Lipinski definition) is 1. The minimum absolute atomic E-state index is 0. The summed E-state index contributed by atoms with van der Waals surface area (Å²) in [4.78, 5) is 11.0. The van der Waals surface area contributed by atoms with Crippen LogP contribution in [0.1, 0.15) is 10.4 Å². The molecule has 0 saturated carbocycles. The van der Waals surface area contributed by atoms with Gasteiger partial charge in [0.1, 0.15) is 0 Å². The molecule has 0 bridgehead atoms. The van der Waals surface area contributed by atoms with Gasteiger partial charge in [0.05, 0.1) is 0 Å². The summed E-state index contributed by atoms with van der Waals surface area (Å²) in [5, 5.41) is 9.06. The number of rotatable bonds is 3. The molecule has 0 atom stereocenters. The first-order valence-corrected chi connectivity index (χ1v) is 6.95. The molecule has 3 N–H and O–H groups in total. The number of benzene rings is 2. The molecule has 2 aromatic rings. The van der Waals surface area contributed by atoms with E-state index >= 15 is 0 Å². The Kier molecular flexibility index (Phi) is 5.11. The van der Waals surface area contributed by atoms with Crippen molar-refractivity contribution < 1.29 is 36.6 Å². The number of halogens is 1. The topological polar surface area (TPSA) is 68.8 Å². The molecule has 0 heterocycles. The Bertz CT molecular complexity index is 497. The third-order valence-corrected chi connectivity index (χ3v) is 4.91. The fourth-order valence-corrected chi connectivity index (χ4v) is 3.85. The predicted molar refractivity (Wildman–Crippen MR) is 60.9 cm³/mol. The van der Waals surface area contributed by atoms with Crippen molar-refractivity contribution >= 4 is 5.97 Å². The molecule has 0 spiro atoms. The number of hydrogen-bond acceptors (Lipinski definition) is 1. The van der Waals surface area contributed by atoms with Gasteiger partial charge in [0.25, 0.3) is 0 Å². The maximum atomic E-state index is 11.0. The molecule has 0 unspecified atom stereocenters. The van der Waals surface area contributed by atoms with Crippen molar-refractivity contribution in [2.45, 2.75) is 0 Å². The molecular weight excluding hydrogens is 331 g/mol. The van der Waals surface area contributed by atoms with E-state index in [0.29, 0.717) is 5.56 Å². The van der Waals surface area contributed by atoms with Crippen molar-refractivity contribution in [1.29, 1.82) is 0 Å². The molecule has 0 fully saturated rings. The summed E-state index contributed by atoms with van der Waals surface area (Å²) in [6.07, 6.45) is 0. The van der Waals surface area contributed by atoms with Gasteiger partial charge in [-0.1, -0.05) is 0 Å². The molecular formula is C13H12IO3-. The summed E-state index contributed by atoms with van der Waals surface area (Å²) in [6.45, 7) is 0. The van der Waals surface area contributed by atoms with Gasteiger partial charge in [-0.25, -0.2) is 0 Å². The van der Waals surface area contributed by atoms with E-state index in [4.69, 9.17) is 5.11 Å². The molecule has 0 amide bonds. The van der Waals surface area contributed by atoms with Crippen LogP contribution in [0.25, 0.3) is 0 Å². The Labute approximate surface area is 110 Å². The van der Waals surface area contributed by atoms with E-state index in [9.17, 15) is 4.79 Å². The van der Waals surface area contributed by atoms with Crippen LogP contribution in [0.3, 0.4) is 0 Å². The van der Waals surface area contributed by atoms with Gasteiger partial charge >= 0.3 is 104 Å². The molecule has 3 nitrogen and oxygen atoms in total. The van der Waals surface area contributed by atoms with E-state index in [1.165, 1.54) is 3.57 Å². The van der Waals surface area contributed by atoms with Crippen molar-refractivity contribution in [2.75, 3.05) is 0 Å². The number of aromatic carboxylic acids is 1. The Morgan fingerprint density at radius 3 is 2.18 bits per heavy atom. The number of carboxylic acid groups (broad SMARTS) is 1. The van der Waals surface area contributed by atoms with E-state index in [-0.39, 0.29) is 5.48 Å². The third kappa shape index (κ3) is 3.54. The van der Waals surface area contributed by atoms with E-state index in [0.717, 1.165) is 3.57 Å². The van der Waals surface area contributed by atoms with Crippen LogP contribution in [0.4, 0.5) is 0 Å². The van der Waals surface area contributed by atoms with Crippen molar-refractivity contribution in [2.24, 2.45) is 0 Å². The average molecular weight is 343 g/mol. The second-order valence-electron chi connectivity index (χ2n) is 3.18. The van der Waals surface area contributed by atoms with Crippen LogP contribution in [0.2, 0.25) is 0 Å². The molecule has 0 aromatic heterocycles. The zero-order valence-corrected chi connectivity index (χ0v) is 11.1. The number of carboxylic acids is 1. The van der Waals surface area contributed by atoms with Gasteiger partial charge in [-0.3, -0.25) is 0 Å². The summed E-state index contributed by atoms with van der Waals surface area (Å²) in [5.41, 5.74) is 0.430. The Balaban J connectivity index is 0.00000144. The first kappa shape index (κ1) is 13.7. The fourth-order valence-electron chi connectivity index (χ4n) is 1.31. The van der Waals surface area contributed by atoms with Gasteiger partial charge < -0.3 is 5.48 Å². The van der Waals surface area contributed by atoms with Crippen LogP contribution in [-0.2, 0) is 0 Å². The van der Waals surface area contributed by atoms with Crippen molar-refractivity contribution in [3.8, 4) is 0 Å². The van der Waals surface area contributed by atoms with Crippen molar-refractivity contribution in [3.05, 3.63) is 67.3 Å². The van der Waals surface area contributed by atoms with Crippen molar-refractivity contribution in [3.63, 3.8) is 0 Å². The Morgan fingerprint density at radius 2 is 1.53 bits per heavy atom. The maximum absolute atomic E-state index is 11.0. The Morgan fingerprint density at radius 1 is 0.941 bits per heavy atom. The molecule has 90 valence electrons. The molecule has 2 aromatic carbocycles. The van der Waals surface area contributed by atoms with Crippen molar-refractivity contribution in [1.82, 2.24) is 0 Å². The van der Waals surface area contributed by atoms with Gasteiger partial charge in [0.2, 0.25) is 0 Å². The van der Waals surface area contributed by atoms with Crippen LogP contribution < -0.4 is 21.2 Å². The van der Waals surface area contributed by atoms with Crippen LogP contribution in [-0.4, -0.2) is 16.6 Å². The zero-order valence-electron chi connectivity index (χ0n) is 8.93. The predicted octanol–water partition coefficient (Wildman–Crippen LogP) is -1.31. The molecule has 0 aliphatic carbocycles. The first-order valence-electron chi connectivity index (χ1n) is 4.79. The van der Waals surface area contributed by atoms with E-state index in [2.05, 4.69) is 0 Å². The summed E-state index contributed by atoms with van der Waals surface area (Å²) in [6, 6.07) is 17.3. The van der Waals surface area contributed by atoms with E-state index < -0.39 is 27.2 Å². The number of carbonyl (C=O) groups is 1. The van der Waals surface area contributed by atoms with Gasteiger partial charge in [0, 0.05) is 0 Å². The molecule has 0 aliphatic heterocycles. The third-order valence-electron chi connectivity index (χ3n) is 2.05. The standard InChI is InChI=1S/C13H10IO2.H2O/c15-13(16)11-8-4-5-9-12(11)14-10-6-2-1-3-7-10;/h1-9H,(H,15,16);1H2/q-1;. The first-order chi connectivity index (χ1) is 7.77. The molecule has 0 saturated heterocycles. The van der Waals surface area contributed by atoms with Gasteiger partial charge in [-0.05, 0) is 0 Å². The van der Waals surface area contributed by atoms with Crippen LogP contribution in [0.5, 0.6) is 0 Å². The fraction of sp³-hybridized carbons (Fsp3) is 0. The van der Waals surface area contributed by atoms with E-state index in [1.807, 2.05) is 42.5 Å². The van der Waals surface area contributed by atoms with Crippen LogP contribution in [0, 0.1) is 7.14 Å². The second-order valence-corrected chi connectivity index (χ2v) is 6.12. The molecule has 0 radical (unpaired) electrons. The Hall–Kier alpha value is -1.40. The van der Waals surface area contributed by atoms with Gasteiger partial charge in [-0.15, -0.1) is 0 Å². The van der Waals surface area contributed by atoms with Crippen LogP contribution >= 0.6 is 0 Å². The molecule has 0 aliphatic rings. The quantitative estimate of drug-likeness (QED) is 0.703. The normalized spacial score (nSPS) is 9.65. The molecule has 2 rings (SSSR count). The van der Waals surface area contributed by atoms with Gasteiger partial charge in [0.15, 0.2) is 0 Å². The summed E-state index contributed by atoms with van der Waals surface area (Å²) in [5.74, 6) is -0.841.